The van der Waals surface area contributed by atoms with Gasteiger partial charge in [-0.15, -0.1) is 0 Å². The van der Waals surface area contributed by atoms with Gasteiger partial charge in [-0.3, -0.25) is 4.79 Å². The van der Waals surface area contributed by atoms with E-state index in [9.17, 15) is 9.90 Å². The molecule has 1 aliphatic carbocycles. The van der Waals surface area contributed by atoms with Crippen LogP contribution >= 0.6 is 15.9 Å². The molecule has 0 fully saturated rings. The first-order chi connectivity index (χ1) is 10.6. The van der Waals surface area contributed by atoms with Crippen LogP contribution in [-0.4, -0.2) is 10.9 Å². The molecule has 0 aliphatic heterocycles. The molecule has 22 heavy (non-hydrogen) atoms. The number of benzene rings is 1. The van der Waals surface area contributed by atoms with Crippen LogP contribution in [0.3, 0.4) is 0 Å². The minimum absolute atomic E-state index is 0.0233. The quantitative estimate of drug-likeness (QED) is 0.838. The molecule has 1 atom stereocenters. The summed E-state index contributed by atoms with van der Waals surface area (Å²) >= 11 is 3.46. The summed E-state index contributed by atoms with van der Waals surface area (Å²) in [4.78, 5) is 12.0. The zero-order valence-corrected chi connectivity index (χ0v) is 13.6. The molecule has 1 aromatic heterocycles. The molecular weight excluding hydrogens is 344 g/mol. The first-order valence-corrected chi connectivity index (χ1v) is 7.79. The molecule has 4 heteroatoms. The minimum atomic E-state index is -0.180. The number of ketones is 1. The molecule has 2 aromatic rings. The molecule has 0 unspecified atom stereocenters. The second-order valence-electron chi connectivity index (χ2n) is 5.31. The Morgan fingerprint density at radius 1 is 1.32 bits per heavy atom. The Morgan fingerprint density at radius 2 is 2.14 bits per heavy atom. The molecule has 112 valence electrons. The van der Waals surface area contributed by atoms with E-state index in [1.165, 1.54) is 6.92 Å². The van der Waals surface area contributed by atoms with Crippen LogP contribution in [0.2, 0.25) is 0 Å². The third kappa shape index (κ3) is 2.79. The van der Waals surface area contributed by atoms with E-state index >= 15 is 0 Å². The van der Waals surface area contributed by atoms with Gasteiger partial charge in [-0.25, -0.2) is 0 Å². The number of hydrogen-bond acceptors (Lipinski definition) is 3. The van der Waals surface area contributed by atoms with Crippen molar-refractivity contribution in [3.8, 4) is 0 Å². The molecule has 0 saturated carbocycles. The van der Waals surface area contributed by atoms with Gasteiger partial charge in [-0.1, -0.05) is 28.1 Å². The predicted octanol–water partition coefficient (Wildman–Crippen LogP) is 5.01. The first kappa shape index (κ1) is 14.9. The summed E-state index contributed by atoms with van der Waals surface area (Å²) in [7, 11) is 0. The van der Waals surface area contributed by atoms with Gasteiger partial charge in [0.25, 0.3) is 0 Å². The SMILES string of the molecule is CC(=O)C1=C(O)C=C(c2ccco2)C[C@H]1c1cccc(Br)c1. The minimum Gasteiger partial charge on any atom is -0.508 e. The Labute approximate surface area is 137 Å². The number of carbonyl (C=O) groups excluding carboxylic acids is 1. The van der Waals surface area contributed by atoms with Crippen LogP contribution in [0.1, 0.15) is 30.6 Å². The van der Waals surface area contributed by atoms with Gasteiger partial charge >= 0.3 is 0 Å². The molecule has 1 aliphatic rings. The van der Waals surface area contributed by atoms with E-state index in [1.807, 2.05) is 36.4 Å². The van der Waals surface area contributed by atoms with Crippen molar-refractivity contribution >= 4 is 27.3 Å². The van der Waals surface area contributed by atoms with Crippen LogP contribution < -0.4 is 0 Å². The number of hydrogen-bond donors (Lipinski definition) is 1. The smallest absolute Gasteiger partial charge is 0.160 e. The molecule has 1 N–H and O–H groups in total. The summed E-state index contributed by atoms with van der Waals surface area (Å²) < 4.78 is 6.37. The number of aliphatic hydroxyl groups excluding tert-OH is 1. The van der Waals surface area contributed by atoms with Crippen LogP contribution in [0.25, 0.3) is 5.57 Å². The van der Waals surface area contributed by atoms with Gasteiger partial charge in [0.15, 0.2) is 5.78 Å². The van der Waals surface area contributed by atoms with Gasteiger partial charge in [-0.05, 0) is 54.8 Å². The summed E-state index contributed by atoms with van der Waals surface area (Å²) in [5.74, 6) is 0.446. The van der Waals surface area contributed by atoms with Crippen LogP contribution in [-0.2, 0) is 4.79 Å². The van der Waals surface area contributed by atoms with E-state index < -0.39 is 0 Å². The van der Waals surface area contributed by atoms with E-state index in [1.54, 1.807) is 12.3 Å². The summed E-state index contributed by atoms with van der Waals surface area (Å²) in [5.41, 5.74) is 2.33. The van der Waals surface area contributed by atoms with Crippen molar-refractivity contribution in [3.05, 3.63) is 75.9 Å². The number of furan rings is 1. The Balaban J connectivity index is 2.09. The number of rotatable bonds is 3. The van der Waals surface area contributed by atoms with Gasteiger partial charge in [0.2, 0.25) is 0 Å². The average molecular weight is 359 g/mol. The molecule has 3 rings (SSSR count). The topological polar surface area (TPSA) is 50.4 Å². The third-order valence-corrected chi connectivity index (χ3v) is 4.32. The highest BCUT2D eigenvalue weighted by Gasteiger charge is 2.29. The lowest BCUT2D eigenvalue weighted by Gasteiger charge is -2.25. The van der Waals surface area contributed by atoms with Crippen molar-refractivity contribution in [2.45, 2.75) is 19.3 Å². The summed E-state index contributed by atoms with van der Waals surface area (Å²) in [6.45, 7) is 1.49. The van der Waals surface area contributed by atoms with Crippen LogP contribution in [0.15, 0.2) is 69.0 Å². The van der Waals surface area contributed by atoms with Crippen LogP contribution in [0, 0.1) is 0 Å². The highest BCUT2D eigenvalue weighted by Crippen LogP contribution is 2.41. The number of aliphatic hydroxyl groups is 1. The fourth-order valence-corrected chi connectivity index (χ4v) is 3.29. The van der Waals surface area contributed by atoms with Gasteiger partial charge < -0.3 is 9.52 Å². The van der Waals surface area contributed by atoms with Gasteiger partial charge in [0.05, 0.1) is 6.26 Å². The lowest BCUT2D eigenvalue weighted by molar-refractivity contribution is -0.114. The Bertz CT molecular complexity index is 769. The highest BCUT2D eigenvalue weighted by atomic mass is 79.9. The third-order valence-electron chi connectivity index (χ3n) is 3.83. The second-order valence-corrected chi connectivity index (χ2v) is 6.23. The monoisotopic (exact) mass is 358 g/mol. The molecule has 3 nitrogen and oxygen atoms in total. The zero-order valence-electron chi connectivity index (χ0n) is 12.0. The fourth-order valence-electron chi connectivity index (χ4n) is 2.87. The predicted molar refractivity (Wildman–Crippen MR) is 88.5 cm³/mol. The number of carbonyl (C=O) groups is 1. The molecular formula is C18H15BrO3. The molecule has 0 amide bonds. The average Bonchev–Trinajstić information content (AvgIpc) is 3.00. The van der Waals surface area contributed by atoms with Gasteiger partial charge in [-0.2, -0.15) is 0 Å². The zero-order chi connectivity index (χ0) is 15.7. The lowest BCUT2D eigenvalue weighted by Crippen LogP contribution is -2.16. The number of Topliss-reactive ketones (excluding diaryl/α,β-unsaturated/α-hetero) is 1. The van der Waals surface area contributed by atoms with E-state index in [4.69, 9.17) is 4.42 Å². The van der Waals surface area contributed by atoms with Crippen molar-refractivity contribution in [1.82, 2.24) is 0 Å². The van der Waals surface area contributed by atoms with E-state index in [2.05, 4.69) is 15.9 Å². The molecule has 0 saturated heterocycles. The Hall–Kier alpha value is -2.07. The largest absolute Gasteiger partial charge is 0.508 e. The Kier molecular flexibility index (Phi) is 4.03. The highest BCUT2D eigenvalue weighted by molar-refractivity contribution is 9.10. The maximum absolute atomic E-state index is 12.0. The maximum atomic E-state index is 12.0. The molecule has 0 radical (unpaired) electrons. The molecule has 1 heterocycles. The normalized spacial score (nSPS) is 18.3. The first-order valence-electron chi connectivity index (χ1n) is 7.00. The standard InChI is InChI=1S/C18H15BrO3/c1-11(20)18-15(12-4-2-5-14(19)8-12)9-13(10-16(18)21)17-6-3-7-22-17/h2-8,10,15,21H,9H2,1H3/t15-/m0/s1. The van der Waals surface area contributed by atoms with Crippen molar-refractivity contribution in [3.63, 3.8) is 0 Å². The number of allylic oxidation sites excluding steroid dienone is 3. The van der Waals surface area contributed by atoms with Crippen LogP contribution in [0.4, 0.5) is 0 Å². The van der Waals surface area contributed by atoms with E-state index in [0.29, 0.717) is 17.8 Å². The van der Waals surface area contributed by atoms with E-state index in [-0.39, 0.29) is 17.5 Å². The summed E-state index contributed by atoms with van der Waals surface area (Å²) in [6.07, 6.45) is 3.85. The summed E-state index contributed by atoms with van der Waals surface area (Å²) in [5, 5.41) is 10.3. The maximum Gasteiger partial charge on any atom is 0.160 e. The molecule has 0 spiro atoms. The van der Waals surface area contributed by atoms with Gasteiger partial charge in [0.1, 0.15) is 11.5 Å². The van der Waals surface area contributed by atoms with Crippen molar-refractivity contribution in [2.75, 3.05) is 0 Å². The van der Waals surface area contributed by atoms with E-state index in [0.717, 1.165) is 15.6 Å². The Morgan fingerprint density at radius 3 is 2.77 bits per heavy atom. The van der Waals surface area contributed by atoms with Crippen molar-refractivity contribution in [1.29, 1.82) is 0 Å². The number of halogens is 1. The van der Waals surface area contributed by atoms with Crippen molar-refractivity contribution in [2.24, 2.45) is 0 Å². The van der Waals surface area contributed by atoms with Crippen molar-refractivity contribution < 1.29 is 14.3 Å². The van der Waals surface area contributed by atoms with Gasteiger partial charge in [0, 0.05) is 16.0 Å². The molecule has 1 aromatic carbocycles. The second kappa shape index (κ2) is 5.97. The fraction of sp³-hybridized carbons (Fsp3) is 0.167. The lowest BCUT2D eigenvalue weighted by atomic mass is 9.79. The van der Waals surface area contributed by atoms with Crippen LogP contribution in [0.5, 0.6) is 0 Å². The summed E-state index contributed by atoms with van der Waals surface area (Å²) in [6, 6.07) is 11.5. The molecule has 0 bridgehead atoms.